The fourth-order valence-corrected chi connectivity index (χ4v) is 4.55. The molecule has 0 N–H and O–H groups in total. The molecular weight excluding hydrogens is 352 g/mol. The highest BCUT2D eigenvalue weighted by Crippen LogP contribution is 2.34. The summed E-state index contributed by atoms with van der Waals surface area (Å²) in [5, 5.41) is 0. The van der Waals surface area contributed by atoms with Crippen LogP contribution in [0.5, 0.6) is 0 Å². The highest BCUT2D eigenvalue weighted by atomic mass is 32.1. The highest BCUT2D eigenvalue weighted by Gasteiger charge is 2.04. The largest absolute Gasteiger partial charge is 0.135 e. The van der Waals surface area contributed by atoms with Crippen molar-refractivity contribution in [2.45, 2.75) is 0 Å². The van der Waals surface area contributed by atoms with Gasteiger partial charge in [-0.1, -0.05) is 72.8 Å². The van der Waals surface area contributed by atoms with Gasteiger partial charge in [-0.2, -0.15) is 0 Å². The van der Waals surface area contributed by atoms with Crippen molar-refractivity contribution in [2.24, 2.45) is 0 Å². The summed E-state index contributed by atoms with van der Waals surface area (Å²) in [6.07, 6.45) is 8.71. The van der Waals surface area contributed by atoms with Gasteiger partial charge in [-0.3, -0.25) is 0 Å². The molecule has 0 amide bonds. The first kappa shape index (κ1) is 16.8. The van der Waals surface area contributed by atoms with E-state index in [2.05, 4.69) is 97.1 Å². The zero-order valence-corrected chi connectivity index (χ0v) is 15.8. The summed E-state index contributed by atoms with van der Waals surface area (Å²) in [7, 11) is 0. The molecule has 2 heterocycles. The summed E-state index contributed by atoms with van der Waals surface area (Å²) in [6.45, 7) is 0. The lowest BCUT2D eigenvalue weighted by Crippen LogP contribution is -1.67. The molecule has 0 bridgehead atoms. The molecule has 0 saturated carbocycles. The summed E-state index contributed by atoms with van der Waals surface area (Å²) < 4.78 is 0. The zero-order valence-electron chi connectivity index (χ0n) is 14.2. The number of benzene rings is 2. The summed E-state index contributed by atoms with van der Waals surface area (Å²) >= 11 is 3.67. The minimum absolute atomic E-state index is 1.23. The van der Waals surface area contributed by atoms with Crippen LogP contribution in [0.4, 0.5) is 0 Å². The van der Waals surface area contributed by atoms with Crippen molar-refractivity contribution in [1.29, 1.82) is 0 Å². The smallest absolute Gasteiger partial charge is 0.0449 e. The standard InChI is InChI=1S/C24H18S2/c1-3-7-19(8-4-1)11-13-21-15-17-23(25-21)24-18-16-22(26-24)14-12-20-9-5-2-6-10-20/h1-18H/b13-11+,14-12+. The summed E-state index contributed by atoms with van der Waals surface area (Å²) in [4.78, 5) is 5.20. The molecule has 0 saturated heterocycles. The van der Waals surface area contributed by atoms with Crippen LogP contribution in [0.2, 0.25) is 0 Å². The minimum atomic E-state index is 1.23. The third kappa shape index (κ3) is 4.29. The maximum Gasteiger partial charge on any atom is 0.0449 e. The van der Waals surface area contributed by atoms with Crippen molar-refractivity contribution in [3.05, 3.63) is 106 Å². The number of thiophene rings is 2. The topological polar surface area (TPSA) is 0 Å². The molecule has 0 unspecified atom stereocenters. The number of rotatable bonds is 5. The van der Waals surface area contributed by atoms with Gasteiger partial charge in [0, 0.05) is 19.5 Å². The van der Waals surface area contributed by atoms with Crippen molar-refractivity contribution in [1.82, 2.24) is 0 Å². The predicted octanol–water partition coefficient (Wildman–Crippen LogP) is 7.82. The quantitative estimate of drug-likeness (QED) is 0.336. The molecule has 0 spiro atoms. The molecular formula is C24H18S2. The monoisotopic (exact) mass is 370 g/mol. The fraction of sp³-hybridized carbons (Fsp3) is 0. The van der Waals surface area contributed by atoms with Crippen molar-refractivity contribution in [2.75, 3.05) is 0 Å². The Labute approximate surface area is 162 Å². The van der Waals surface area contributed by atoms with Gasteiger partial charge in [-0.05, 0) is 47.5 Å². The van der Waals surface area contributed by atoms with E-state index in [-0.39, 0.29) is 0 Å². The second-order valence-electron chi connectivity index (χ2n) is 5.89. The second kappa shape index (κ2) is 8.13. The van der Waals surface area contributed by atoms with Crippen LogP contribution in [0.25, 0.3) is 34.1 Å². The van der Waals surface area contributed by atoms with E-state index in [1.807, 2.05) is 34.8 Å². The summed E-state index contributed by atoms with van der Waals surface area (Å²) in [5.41, 5.74) is 2.46. The molecule has 0 fully saturated rings. The molecule has 2 aromatic carbocycles. The van der Waals surface area contributed by atoms with Crippen LogP contribution in [-0.2, 0) is 0 Å². The van der Waals surface area contributed by atoms with E-state index in [0.717, 1.165) is 0 Å². The third-order valence-corrected chi connectivity index (χ3v) is 6.27. The lowest BCUT2D eigenvalue weighted by atomic mass is 10.2. The van der Waals surface area contributed by atoms with E-state index in [9.17, 15) is 0 Å². The van der Waals surface area contributed by atoms with Gasteiger partial charge in [-0.15, -0.1) is 22.7 Å². The Hall–Kier alpha value is -2.68. The Bertz CT molecular complexity index is 933. The van der Waals surface area contributed by atoms with E-state index in [1.54, 1.807) is 0 Å². The first-order chi connectivity index (χ1) is 12.9. The Morgan fingerprint density at radius 3 is 1.27 bits per heavy atom. The third-order valence-electron chi connectivity index (χ3n) is 3.98. The van der Waals surface area contributed by atoms with Crippen molar-refractivity contribution >= 4 is 47.0 Å². The first-order valence-corrected chi connectivity index (χ1v) is 10.2. The van der Waals surface area contributed by atoms with Gasteiger partial charge in [0.2, 0.25) is 0 Å². The van der Waals surface area contributed by atoms with Gasteiger partial charge in [-0.25, -0.2) is 0 Å². The van der Waals surface area contributed by atoms with Crippen molar-refractivity contribution < 1.29 is 0 Å². The van der Waals surface area contributed by atoms with Gasteiger partial charge in [0.15, 0.2) is 0 Å². The van der Waals surface area contributed by atoms with Gasteiger partial charge in [0.1, 0.15) is 0 Å². The molecule has 126 valence electrons. The maximum atomic E-state index is 2.21. The Morgan fingerprint density at radius 1 is 0.423 bits per heavy atom. The maximum absolute atomic E-state index is 2.21. The van der Waals surface area contributed by atoms with Crippen LogP contribution in [0.1, 0.15) is 20.9 Å². The lowest BCUT2D eigenvalue weighted by Gasteiger charge is -1.91. The van der Waals surface area contributed by atoms with Crippen molar-refractivity contribution in [3.63, 3.8) is 0 Å². The minimum Gasteiger partial charge on any atom is -0.135 e. The predicted molar refractivity (Wildman–Crippen MR) is 118 cm³/mol. The Kier molecular flexibility index (Phi) is 5.25. The van der Waals surface area contributed by atoms with E-state index in [0.29, 0.717) is 0 Å². The van der Waals surface area contributed by atoms with E-state index in [4.69, 9.17) is 0 Å². The number of hydrogen-bond acceptors (Lipinski definition) is 2. The van der Waals surface area contributed by atoms with Crippen LogP contribution in [-0.4, -0.2) is 0 Å². The SMILES string of the molecule is C(=C\c1ccc(-c2ccc(/C=C/c3ccccc3)s2)s1)/c1ccccc1. The van der Waals surface area contributed by atoms with E-state index in [1.165, 1.54) is 30.6 Å². The fourth-order valence-electron chi connectivity index (χ4n) is 2.63. The Morgan fingerprint density at radius 2 is 0.846 bits per heavy atom. The van der Waals surface area contributed by atoms with Crippen LogP contribution < -0.4 is 0 Å². The molecule has 4 rings (SSSR count). The van der Waals surface area contributed by atoms with Gasteiger partial charge in [0.25, 0.3) is 0 Å². The zero-order chi connectivity index (χ0) is 17.6. The molecule has 2 heteroatoms. The summed E-state index contributed by atoms with van der Waals surface area (Å²) in [5.74, 6) is 0. The molecule has 0 aliphatic heterocycles. The molecule has 0 atom stereocenters. The first-order valence-electron chi connectivity index (χ1n) is 8.53. The van der Waals surface area contributed by atoms with Crippen LogP contribution in [0, 0.1) is 0 Å². The van der Waals surface area contributed by atoms with Crippen LogP contribution in [0.3, 0.4) is 0 Å². The highest BCUT2D eigenvalue weighted by molar-refractivity contribution is 7.23. The normalized spacial score (nSPS) is 11.5. The number of hydrogen-bond donors (Lipinski definition) is 0. The van der Waals surface area contributed by atoms with Crippen molar-refractivity contribution in [3.8, 4) is 9.75 Å². The second-order valence-corrected chi connectivity index (χ2v) is 8.12. The van der Waals surface area contributed by atoms with Gasteiger partial charge < -0.3 is 0 Å². The molecule has 0 aliphatic rings. The average Bonchev–Trinajstić information content (AvgIpc) is 3.36. The average molecular weight is 371 g/mol. The molecule has 26 heavy (non-hydrogen) atoms. The van der Waals surface area contributed by atoms with Gasteiger partial charge in [0.05, 0.1) is 0 Å². The summed E-state index contributed by atoms with van der Waals surface area (Å²) in [6, 6.07) is 29.6. The molecule has 0 radical (unpaired) electrons. The van der Waals surface area contributed by atoms with Crippen LogP contribution >= 0.6 is 22.7 Å². The van der Waals surface area contributed by atoms with E-state index < -0.39 is 0 Å². The molecule has 0 aliphatic carbocycles. The molecule has 0 nitrogen and oxygen atoms in total. The van der Waals surface area contributed by atoms with E-state index >= 15 is 0 Å². The Balaban J connectivity index is 1.47. The van der Waals surface area contributed by atoms with Crippen LogP contribution in [0.15, 0.2) is 84.9 Å². The molecule has 4 aromatic rings. The van der Waals surface area contributed by atoms with Gasteiger partial charge >= 0.3 is 0 Å². The lowest BCUT2D eigenvalue weighted by molar-refractivity contribution is 1.67. The molecule has 2 aromatic heterocycles.